The minimum Gasteiger partial charge on any atom is -0.489 e. The van der Waals surface area contributed by atoms with Crippen molar-refractivity contribution < 1.29 is 18.7 Å². The Labute approximate surface area is 204 Å². The first kappa shape index (κ1) is 23.3. The van der Waals surface area contributed by atoms with E-state index in [0.717, 1.165) is 63.5 Å². The van der Waals surface area contributed by atoms with Gasteiger partial charge in [0.15, 0.2) is 0 Å². The van der Waals surface area contributed by atoms with Gasteiger partial charge in [-0.2, -0.15) is 0 Å². The number of fused-ring (bicyclic) bond motifs is 1. The zero-order chi connectivity index (χ0) is 23.3. The summed E-state index contributed by atoms with van der Waals surface area (Å²) in [4.78, 5) is 18.6. The molecule has 5 nitrogen and oxygen atoms in total. The smallest absolute Gasteiger partial charge is 0.264 e. The fourth-order valence-corrected chi connectivity index (χ4v) is 6.10. The molecular formula is C27H31FN2O3S. The van der Waals surface area contributed by atoms with Crippen LogP contribution in [0, 0.1) is 11.7 Å². The molecule has 2 aromatic carbocycles. The molecule has 0 atom stereocenters. The van der Waals surface area contributed by atoms with E-state index >= 15 is 0 Å². The molecule has 0 radical (unpaired) electrons. The van der Waals surface area contributed by atoms with Crippen molar-refractivity contribution in [3.05, 3.63) is 64.8 Å². The number of nitrogens with zero attached hydrogens (tertiary/aromatic N) is 2. The van der Waals surface area contributed by atoms with E-state index in [9.17, 15) is 9.18 Å². The quantitative estimate of drug-likeness (QED) is 0.465. The number of para-hydroxylation sites is 1. The lowest BCUT2D eigenvalue weighted by molar-refractivity contribution is 0.0332. The van der Waals surface area contributed by atoms with E-state index in [-0.39, 0.29) is 18.3 Å². The van der Waals surface area contributed by atoms with Crippen LogP contribution in [0.2, 0.25) is 0 Å². The predicted molar refractivity (Wildman–Crippen MR) is 133 cm³/mol. The summed E-state index contributed by atoms with van der Waals surface area (Å²) >= 11 is 1.38. The van der Waals surface area contributed by atoms with Crippen molar-refractivity contribution in [2.45, 2.75) is 25.9 Å². The van der Waals surface area contributed by atoms with Gasteiger partial charge in [0.2, 0.25) is 0 Å². The van der Waals surface area contributed by atoms with Crippen LogP contribution in [0.4, 0.5) is 4.39 Å². The van der Waals surface area contributed by atoms with Crippen LogP contribution in [0.25, 0.3) is 10.1 Å². The van der Waals surface area contributed by atoms with Gasteiger partial charge in [0, 0.05) is 41.8 Å². The van der Waals surface area contributed by atoms with Crippen LogP contribution in [0.3, 0.4) is 0 Å². The summed E-state index contributed by atoms with van der Waals surface area (Å²) < 4.78 is 27.0. The van der Waals surface area contributed by atoms with Crippen LogP contribution in [0.1, 0.15) is 34.5 Å². The molecule has 34 heavy (non-hydrogen) atoms. The first-order chi connectivity index (χ1) is 16.7. The van der Waals surface area contributed by atoms with Gasteiger partial charge in [-0.05, 0) is 56.0 Å². The van der Waals surface area contributed by atoms with E-state index in [4.69, 9.17) is 9.47 Å². The summed E-state index contributed by atoms with van der Waals surface area (Å²) in [6.45, 7) is 6.49. The van der Waals surface area contributed by atoms with Crippen LogP contribution >= 0.6 is 11.3 Å². The van der Waals surface area contributed by atoms with Gasteiger partial charge in [-0.25, -0.2) is 4.39 Å². The number of carbonyl (C=O) groups excluding carboxylic acids is 1. The highest BCUT2D eigenvalue weighted by Crippen LogP contribution is 2.35. The number of thiophene rings is 1. The standard InChI is InChI=1S/C27H31FN2O3S/c28-23-7-4-8-24-25(23)22(19-33-21-5-2-1-3-6-21)26(34-24)27(31)30-13-10-20(11-14-30)9-12-29-15-17-32-18-16-29/h1-8,20H,9-19H2. The normalized spacial score (nSPS) is 17.9. The molecule has 0 aliphatic carbocycles. The molecule has 180 valence electrons. The summed E-state index contributed by atoms with van der Waals surface area (Å²) in [6.07, 6.45) is 3.21. The Bertz CT molecular complexity index is 1110. The number of ether oxygens (including phenoxy) is 2. The number of rotatable bonds is 7. The minimum atomic E-state index is -0.304. The van der Waals surface area contributed by atoms with E-state index < -0.39 is 0 Å². The Balaban J connectivity index is 1.27. The highest BCUT2D eigenvalue weighted by atomic mass is 32.1. The van der Waals surface area contributed by atoms with Gasteiger partial charge >= 0.3 is 0 Å². The zero-order valence-electron chi connectivity index (χ0n) is 19.4. The van der Waals surface area contributed by atoms with Crippen molar-refractivity contribution in [1.29, 1.82) is 0 Å². The van der Waals surface area contributed by atoms with Gasteiger partial charge in [-0.3, -0.25) is 9.69 Å². The van der Waals surface area contributed by atoms with E-state index in [1.807, 2.05) is 41.3 Å². The van der Waals surface area contributed by atoms with Crippen molar-refractivity contribution >= 4 is 27.3 Å². The Hall–Kier alpha value is -2.48. The summed E-state index contributed by atoms with van der Waals surface area (Å²) in [5.41, 5.74) is 0.654. The molecule has 3 aromatic rings. The summed E-state index contributed by atoms with van der Waals surface area (Å²) in [6, 6.07) is 14.5. The van der Waals surface area contributed by atoms with E-state index in [1.54, 1.807) is 6.07 Å². The second kappa shape index (κ2) is 10.8. The van der Waals surface area contributed by atoms with E-state index in [1.165, 1.54) is 23.8 Å². The molecule has 3 heterocycles. The molecule has 0 unspecified atom stereocenters. The molecule has 0 saturated carbocycles. The van der Waals surface area contributed by atoms with Gasteiger partial charge in [0.05, 0.1) is 18.1 Å². The number of benzene rings is 2. The number of amides is 1. The number of hydrogen-bond donors (Lipinski definition) is 0. The molecule has 0 N–H and O–H groups in total. The average molecular weight is 483 g/mol. The number of morpholine rings is 1. The Kier molecular flexibility index (Phi) is 7.42. The Morgan fingerprint density at radius 1 is 1.03 bits per heavy atom. The maximum Gasteiger partial charge on any atom is 0.264 e. The minimum absolute atomic E-state index is 0.00103. The summed E-state index contributed by atoms with van der Waals surface area (Å²) in [5.74, 6) is 1.05. The number of hydrogen-bond acceptors (Lipinski definition) is 5. The number of likely N-dealkylation sites (tertiary alicyclic amines) is 1. The van der Waals surface area contributed by atoms with Crippen LogP contribution in [0.15, 0.2) is 48.5 Å². The number of halogens is 1. The lowest BCUT2D eigenvalue weighted by Crippen LogP contribution is -2.40. The molecule has 2 saturated heterocycles. The molecule has 7 heteroatoms. The molecule has 2 fully saturated rings. The first-order valence-electron chi connectivity index (χ1n) is 12.2. The van der Waals surface area contributed by atoms with Crippen molar-refractivity contribution in [3.63, 3.8) is 0 Å². The summed E-state index contributed by atoms with van der Waals surface area (Å²) in [7, 11) is 0. The Morgan fingerprint density at radius 3 is 2.56 bits per heavy atom. The lowest BCUT2D eigenvalue weighted by atomic mass is 9.93. The predicted octanol–water partition coefficient (Wildman–Crippen LogP) is 5.19. The topological polar surface area (TPSA) is 42.0 Å². The molecule has 1 aromatic heterocycles. The number of carbonyl (C=O) groups is 1. The summed E-state index contributed by atoms with van der Waals surface area (Å²) in [5, 5.41) is 0.507. The zero-order valence-corrected chi connectivity index (χ0v) is 20.2. The van der Waals surface area contributed by atoms with E-state index in [2.05, 4.69) is 4.90 Å². The molecular weight excluding hydrogens is 451 g/mol. The SMILES string of the molecule is O=C(c1sc2cccc(F)c2c1COc1ccccc1)N1CCC(CCN2CCOCC2)CC1. The third-order valence-electron chi connectivity index (χ3n) is 6.94. The number of piperidine rings is 1. The second-order valence-corrected chi connectivity index (χ2v) is 10.2. The van der Waals surface area contributed by atoms with E-state index in [0.29, 0.717) is 27.5 Å². The van der Waals surface area contributed by atoms with Gasteiger partial charge in [0.25, 0.3) is 5.91 Å². The van der Waals surface area contributed by atoms with Gasteiger partial charge in [0.1, 0.15) is 18.2 Å². The van der Waals surface area contributed by atoms with Crippen molar-refractivity contribution in [1.82, 2.24) is 9.80 Å². The highest BCUT2D eigenvalue weighted by molar-refractivity contribution is 7.21. The fourth-order valence-electron chi connectivity index (χ4n) is 4.91. The van der Waals surface area contributed by atoms with Crippen molar-refractivity contribution in [3.8, 4) is 5.75 Å². The average Bonchev–Trinajstić information content (AvgIpc) is 3.27. The highest BCUT2D eigenvalue weighted by Gasteiger charge is 2.28. The van der Waals surface area contributed by atoms with Gasteiger partial charge in [-0.15, -0.1) is 11.3 Å². The van der Waals surface area contributed by atoms with Crippen LogP contribution < -0.4 is 4.74 Å². The molecule has 0 bridgehead atoms. The van der Waals surface area contributed by atoms with Gasteiger partial charge < -0.3 is 14.4 Å². The third-order valence-corrected chi connectivity index (χ3v) is 8.13. The maximum absolute atomic E-state index is 14.8. The lowest BCUT2D eigenvalue weighted by Gasteiger charge is -2.34. The largest absolute Gasteiger partial charge is 0.489 e. The maximum atomic E-state index is 14.8. The van der Waals surface area contributed by atoms with Crippen LogP contribution in [-0.4, -0.2) is 61.6 Å². The monoisotopic (exact) mass is 482 g/mol. The molecule has 1 amide bonds. The molecule has 0 spiro atoms. The second-order valence-electron chi connectivity index (χ2n) is 9.10. The first-order valence-corrected chi connectivity index (χ1v) is 13.0. The molecule has 2 aliphatic rings. The van der Waals surface area contributed by atoms with Gasteiger partial charge in [-0.1, -0.05) is 24.3 Å². The van der Waals surface area contributed by atoms with Crippen LogP contribution in [0.5, 0.6) is 5.75 Å². The third kappa shape index (κ3) is 5.27. The van der Waals surface area contributed by atoms with Crippen molar-refractivity contribution in [2.24, 2.45) is 5.92 Å². The fraction of sp³-hybridized carbons (Fsp3) is 0.444. The molecule has 5 rings (SSSR count). The Morgan fingerprint density at radius 2 is 1.79 bits per heavy atom. The van der Waals surface area contributed by atoms with Crippen molar-refractivity contribution in [2.75, 3.05) is 45.9 Å². The molecule has 2 aliphatic heterocycles. The van der Waals surface area contributed by atoms with Crippen LogP contribution in [-0.2, 0) is 11.3 Å².